The van der Waals surface area contributed by atoms with Crippen molar-refractivity contribution < 1.29 is 9.13 Å². The van der Waals surface area contributed by atoms with Gasteiger partial charge >= 0.3 is 0 Å². The van der Waals surface area contributed by atoms with Gasteiger partial charge in [0.25, 0.3) is 0 Å². The van der Waals surface area contributed by atoms with E-state index in [0.717, 1.165) is 41.5 Å². The quantitative estimate of drug-likeness (QED) is 0.601. The maximum atomic E-state index is 13.5. The molecule has 0 bridgehead atoms. The van der Waals surface area contributed by atoms with Gasteiger partial charge in [0.1, 0.15) is 18.2 Å². The van der Waals surface area contributed by atoms with Gasteiger partial charge in [0, 0.05) is 49.0 Å². The zero-order valence-corrected chi connectivity index (χ0v) is 15.3. The summed E-state index contributed by atoms with van der Waals surface area (Å²) in [7, 11) is 0. The number of hydrogen-bond acceptors (Lipinski definition) is 5. The second-order valence-corrected chi connectivity index (χ2v) is 7.29. The highest BCUT2D eigenvalue weighted by Crippen LogP contribution is 2.36. The van der Waals surface area contributed by atoms with Crippen LogP contribution in [0.25, 0.3) is 5.03 Å². The fourth-order valence-corrected chi connectivity index (χ4v) is 3.81. The fraction of sp³-hybridized carbons (Fsp3) is 0.333. The Hall–Kier alpha value is -1.63. The number of benzene rings is 1. The predicted molar refractivity (Wildman–Crippen MR) is 97.5 cm³/mol. The lowest BCUT2D eigenvalue weighted by Crippen LogP contribution is -2.34. The second-order valence-electron chi connectivity index (χ2n) is 6.14. The van der Waals surface area contributed by atoms with Gasteiger partial charge in [-0.05, 0) is 24.5 Å². The van der Waals surface area contributed by atoms with E-state index in [1.54, 1.807) is 17.8 Å². The fourth-order valence-electron chi connectivity index (χ4n) is 3.19. The molecule has 2 aromatic rings. The van der Waals surface area contributed by atoms with Gasteiger partial charge in [-0.25, -0.2) is 14.4 Å². The first-order chi connectivity index (χ1) is 12.1. The van der Waals surface area contributed by atoms with Crippen LogP contribution in [-0.4, -0.2) is 40.8 Å². The summed E-state index contributed by atoms with van der Waals surface area (Å²) in [5, 5.41) is 1.41. The summed E-state index contributed by atoms with van der Waals surface area (Å²) in [6.07, 6.45) is 4.79. The van der Waals surface area contributed by atoms with Gasteiger partial charge in [-0.3, -0.25) is 4.90 Å². The first kappa shape index (κ1) is 16.8. The summed E-state index contributed by atoms with van der Waals surface area (Å²) in [4.78, 5) is 11.3. The Morgan fingerprint density at radius 2 is 2.28 bits per heavy atom. The van der Waals surface area contributed by atoms with Crippen LogP contribution in [0.15, 0.2) is 35.1 Å². The minimum Gasteiger partial charge on any atom is -0.488 e. The molecule has 0 unspecified atom stereocenters. The largest absolute Gasteiger partial charge is 0.488 e. The molecule has 7 heteroatoms. The van der Waals surface area contributed by atoms with Crippen LogP contribution >= 0.6 is 23.4 Å². The summed E-state index contributed by atoms with van der Waals surface area (Å²) in [6, 6.07) is 4.44. The van der Waals surface area contributed by atoms with Crippen molar-refractivity contribution in [1.82, 2.24) is 14.9 Å². The van der Waals surface area contributed by atoms with Gasteiger partial charge in [0.15, 0.2) is 5.16 Å². The molecule has 25 heavy (non-hydrogen) atoms. The van der Waals surface area contributed by atoms with Crippen molar-refractivity contribution in [3.63, 3.8) is 0 Å². The Kier molecular flexibility index (Phi) is 4.67. The van der Waals surface area contributed by atoms with E-state index >= 15 is 0 Å². The maximum absolute atomic E-state index is 13.5. The minimum atomic E-state index is -0.310. The van der Waals surface area contributed by atoms with Crippen LogP contribution in [0.2, 0.25) is 0 Å². The van der Waals surface area contributed by atoms with Crippen LogP contribution in [0.1, 0.15) is 16.8 Å². The lowest BCUT2D eigenvalue weighted by molar-refractivity contribution is 0.254. The normalized spacial score (nSPS) is 17.1. The average molecular weight is 378 g/mol. The maximum Gasteiger partial charge on any atom is 0.187 e. The molecule has 130 valence electrons. The molecule has 0 saturated heterocycles. The van der Waals surface area contributed by atoms with Crippen molar-refractivity contribution in [2.45, 2.75) is 18.1 Å². The van der Waals surface area contributed by atoms with Crippen molar-refractivity contribution >= 4 is 28.4 Å². The van der Waals surface area contributed by atoms with E-state index in [2.05, 4.69) is 14.9 Å². The Morgan fingerprint density at radius 1 is 1.40 bits per heavy atom. The van der Waals surface area contributed by atoms with E-state index in [9.17, 15) is 4.39 Å². The Balaban J connectivity index is 1.54. The molecule has 0 aliphatic carbocycles. The summed E-state index contributed by atoms with van der Waals surface area (Å²) < 4.78 is 19.3. The molecule has 2 aliphatic heterocycles. The highest BCUT2D eigenvalue weighted by atomic mass is 35.5. The molecule has 0 amide bonds. The molecule has 4 rings (SSSR count). The molecule has 0 fully saturated rings. The van der Waals surface area contributed by atoms with Gasteiger partial charge in [0.05, 0.1) is 10.7 Å². The molecule has 4 nitrogen and oxygen atoms in total. The number of thioether (sulfide) groups is 1. The molecule has 0 radical (unpaired) electrons. The molecule has 2 aliphatic rings. The van der Waals surface area contributed by atoms with Gasteiger partial charge in [-0.2, -0.15) is 0 Å². The van der Waals surface area contributed by atoms with Crippen molar-refractivity contribution in [1.29, 1.82) is 0 Å². The number of aromatic nitrogens is 2. The standard InChI is InChI=1S/C18H17ClFN3OS/c1-25-18-21-7-11-8-23(5-4-15(11)22-18)9-12-10-24-16-3-2-13(20)6-14(16)17(12)19/h2-3,6-7H,4-5,8-10H2,1H3. The number of rotatable bonds is 3. The molecule has 0 saturated carbocycles. The van der Waals surface area contributed by atoms with Crippen LogP contribution in [0.4, 0.5) is 4.39 Å². The second kappa shape index (κ2) is 6.94. The van der Waals surface area contributed by atoms with Crippen LogP contribution in [0, 0.1) is 5.82 Å². The Morgan fingerprint density at radius 3 is 3.12 bits per heavy atom. The molecule has 0 N–H and O–H groups in total. The van der Waals surface area contributed by atoms with E-state index in [4.69, 9.17) is 16.3 Å². The third kappa shape index (κ3) is 3.38. The zero-order chi connectivity index (χ0) is 17.4. The molecule has 0 spiro atoms. The highest BCUT2D eigenvalue weighted by Gasteiger charge is 2.24. The topological polar surface area (TPSA) is 38.2 Å². The first-order valence-corrected chi connectivity index (χ1v) is 9.65. The third-order valence-electron chi connectivity index (χ3n) is 4.48. The number of ether oxygens (including phenoxy) is 1. The van der Waals surface area contributed by atoms with E-state index in [1.807, 2.05) is 12.5 Å². The molecule has 1 aromatic carbocycles. The van der Waals surface area contributed by atoms with Crippen molar-refractivity contribution in [3.05, 3.63) is 52.6 Å². The van der Waals surface area contributed by atoms with Crippen LogP contribution < -0.4 is 4.74 Å². The molecule has 0 atom stereocenters. The molecule has 1 aromatic heterocycles. The average Bonchev–Trinajstić information content (AvgIpc) is 2.64. The van der Waals surface area contributed by atoms with Gasteiger partial charge in [-0.1, -0.05) is 23.4 Å². The smallest absolute Gasteiger partial charge is 0.187 e. The van der Waals surface area contributed by atoms with Crippen LogP contribution in [0.3, 0.4) is 0 Å². The number of hydrogen-bond donors (Lipinski definition) is 0. The van der Waals surface area contributed by atoms with Gasteiger partial charge < -0.3 is 4.74 Å². The monoisotopic (exact) mass is 377 g/mol. The molecular weight excluding hydrogens is 361 g/mol. The van der Waals surface area contributed by atoms with E-state index in [-0.39, 0.29) is 5.82 Å². The first-order valence-electron chi connectivity index (χ1n) is 8.05. The van der Waals surface area contributed by atoms with E-state index < -0.39 is 0 Å². The number of nitrogens with zero attached hydrogens (tertiary/aromatic N) is 3. The van der Waals surface area contributed by atoms with Crippen LogP contribution in [0.5, 0.6) is 5.75 Å². The Bertz CT molecular complexity index is 858. The zero-order valence-electron chi connectivity index (χ0n) is 13.8. The lowest BCUT2D eigenvalue weighted by atomic mass is 10.0. The van der Waals surface area contributed by atoms with Crippen LogP contribution in [-0.2, 0) is 13.0 Å². The van der Waals surface area contributed by atoms with Crippen molar-refractivity contribution in [3.8, 4) is 5.75 Å². The predicted octanol–water partition coefficient (Wildman–Crippen LogP) is 3.74. The van der Waals surface area contributed by atoms with Crippen molar-refractivity contribution in [2.75, 3.05) is 26.0 Å². The third-order valence-corrected chi connectivity index (χ3v) is 5.51. The summed E-state index contributed by atoms with van der Waals surface area (Å²) in [5.41, 5.74) is 3.89. The minimum absolute atomic E-state index is 0.310. The SMILES string of the molecule is CSc1ncc2c(n1)CCN(CC1=C(Cl)c3cc(F)ccc3OC1)C2. The highest BCUT2D eigenvalue weighted by molar-refractivity contribution is 7.98. The Labute approximate surface area is 155 Å². The molecule has 3 heterocycles. The number of halogens is 2. The summed E-state index contributed by atoms with van der Waals surface area (Å²) in [6.45, 7) is 2.82. The van der Waals surface area contributed by atoms with Gasteiger partial charge in [0.2, 0.25) is 0 Å². The molecular formula is C18H17ClFN3OS. The van der Waals surface area contributed by atoms with Crippen molar-refractivity contribution in [2.24, 2.45) is 0 Å². The summed E-state index contributed by atoms with van der Waals surface area (Å²) >= 11 is 8.08. The lowest BCUT2D eigenvalue weighted by Gasteiger charge is -2.30. The van der Waals surface area contributed by atoms with Gasteiger partial charge in [-0.15, -0.1) is 0 Å². The summed E-state index contributed by atoms with van der Waals surface area (Å²) in [5.74, 6) is 0.326. The van der Waals surface area contributed by atoms with E-state index in [1.165, 1.54) is 12.1 Å². The number of fused-ring (bicyclic) bond motifs is 2. The van der Waals surface area contributed by atoms with E-state index in [0.29, 0.717) is 29.5 Å².